The molecule has 1 atom stereocenters. The van der Waals surface area contributed by atoms with Crippen LogP contribution >= 0.6 is 0 Å². The second kappa shape index (κ2) is 6.41. The van der Waals surface area contributed by atoms with Crippen LogP contribution in [0.3, 0.4) is 0 Å². The lowest BCUT2D eigenvalue weighted by Gasteiger charge is -2.11. The molecule has 66 valence electrons. The Morgan fingerprint density at radius 1 is 1.36 bits per heavy atom. The molecule has 0 bridgehead atoms. The van der Waals surface area contributed by atoms with Crippen molar-refractivity contribution in [1.82, 2.24) is 4.90 Å². The summed E-state index contributed by atoms with van der Waals surface area (Å²) in [5.74, 6) is 0.787. The Morgan fingerprint density at radius 3 is 2.64 bits per heavy atom. The van der Waals surface area contributed by atoms with Gasteiger partial charge >= 0.3 is 0 Å². The molecule has 0 aromatic rings. The van der Waals surface area contributed by atoms with Gasteiger partial charge in [-0.25, -0.2) is 0 Å². The number of hydrogen-bond donors (Lipinski definition) is 0. The first-order chi connectivity index (χ1) is 5.29. The highest BCUT2D eigenvalue weighted by molar-refractivity contribution is 4.91. The highest BCUT2D eigenvalue weighted by Gasteiger charge is 2.03. The quantitative estimate of drug-likeness (QED) is 0.486. The molecule has 1 rings (SSSR count). The number of nitrogens with zero attached hydrogens (tertiary/aromatic N) is 1. The highest BCUT2D eigenvalue weighted by Crippen LogP contribution is 2.07. The van der Waals surface area contributed by atoms with Crippen molar-refractivity contribution in [1.29, 1.82) is 0 Å². The lowest BCUT2D eigenvalue weighted by molar-refractivity contribution is 0.358. The molecular formula is C10H21N. The minimum absolute atomic E-state index is 0.787. The van der Waals surface area contributed by atoms with E-state index < -0.39 is 0 Å². The normalized spacial score (nSPS) is 25.3. The Kier molecular flexibility index (Phi) is 6.24. The lowest BCUT2D eigenvalue weighted by Crippen LogP contribution is -2.18. The van der Waals surface area contributed by atoms with Crippen molar-refractivity contribution in [3.63, 3.8) is 0 Å². The second-order valence-electron chi connectivity index (χ2n) is 2.96. The fourth-order valence-corrected chi connectivity index (χ4v) is 1.08. The number of hydrogen-bond acceptors (Lipinski definition) is 1. The molecule has 1 aliphatic rings. The van der Waals surface area contributed by atoms with Crippen LogP contribution in [-0.4, -0.2) is 25.0 Å². The third-order valence-electron chi connectivity index (χ3n) is 1.85. The second-order valence-corrected chi connectivity index (χ2v) is 2.96. The van der Waals surface area contributed by atoms with Crippen molar-refractivity contribution in [2.24, 2.45) is 5.92 Å². The van der Waals surface area contributed by atoms with Crippen molar-refractivity contribution in [2.45, 2.75) is 27.2 Å². The van der Waals surface area contributed by atoms with Crippen molar-refractivity contribution in [3.8, 4) is 0 Å². The Hall–Kier alpha value is -0.300. The molecule has 0 saturated carbocycles. The molecule has 1 nitrogen and oxygen atoms in total. The average molecular weight is 155 g/mol. The average Bonchev–Trinajstić information content (AvgIpc) is 2.20. The third-order valence-corrected chi connectivity index (χ3v) is 1.85. The summed E-state index contributed by atoms with van der Waals surface area (Å²) in [6, 6.07) is 0. The Bertz CT molecular complexity index is 107. The van der Waals surface area contributed by atoms with Crippen LogP contribution in [0, 0.1) is 5.92 Å². The predicted octanol–water partition coefficient (Wildman–Crippen LogP) is 2.54. The van der Waals surface area contributed by atoms with Gasteiger partial charge in [0.15, 0.2) is 0 Å². The van der Waals surface area contributed by atoms with Crippen molar-refractivity contribution < 1.29 is 0 Å². The van der Waals surface area contributed by atoms with E-state index in [4.69, 9.17) is 0 Å². The topological polar surface area (TPSA) is 3.24 Å². The van der Waals surface area contributed by atoms with E-state index >= 15 is 0 Å². The van der Waals surface area contributed by atoms with E-state index in [0.717, 1.165) is 12.5 Å². The molecule has 0 saturated heterocycles. The van der Waals surface area contributed by atoms with Gasteiger partial charge in [-0.15, -0.1) is 0 Å². The fourth-order valence-electron chi connectivity index (χ4n) is 1.08. The maximum atomic E-state index is 2.35. The molecule has 0 aromatic heterocycles. The molecule has 0 amide bonds. The highest BCUT2D eigenvalue weighted by atomic mass is 15.1. The van der Waals surface area contributed by atoms with Gasteiger partial charge in [0.25, 0.3) is 0 Å². The smallest absolute Gasteiger partial charge is 0.0160 e. The summed E-state index contributed by atoms with van der Waals surface area (Å²) in [4.78, 5) is 2.35. The summed E-state index contributed by atoms with van der Waals surface area (Å²) < 4.78 is 0. The van der Waals surface area contributed by atoms with Gasteiger partial charge in [0, 0.05) is 6.54 Å². The summed E-state index contributed by atoms with van der Waals surface area (Å²) in [7, 11) is 2.17. The lowest BCUT2D eigenvalue weighted by atomic mass is 10.1. The first-order valence-corrected chi connectivity index (χ1v) is 4.64. The molecule has 0 spiro atoms. The van der Waals surface area contributed by atoms with Gasteiger partial charge in [-0.3, -0.25) is 0 Å². The Labute approximate surface area is 71.1 Å². The van der Waals surface area contributed by atoms with Crippen LogP contribution in [0.25, 0.3) is 0 Å². The Morgan fingerprint density at radius 2 is 2.00 bits per heavy atom. The van der Waals surface area contributed by atoms with Crippen LogP contribution in [0.2, 0.25) is 0 Å². The van der Waals surface area contributed by atoms with E-state index in [0.29, 0.717) is 0 Å². The molecule has 1 heterocycles. The van der Waals surface area contributed by atoms with E-state index in [1.54, 1.807) is 0 Å². The molecule has 1 heteroatoms. The van der Waals surface area contributed by atoms with Gasteiger partial charge in [-0.2, -0.15) is 0 Å². The van der Waals surface area contributed by atoms with E-state index in [1.165, 1.54) is 13.0 Å². The SMILES string of the molecule is CC.CC1C=CCN(C)CC1. The first-order valence-electron chi connectivity index (χ1n) is 4.64. The van der Waals surface area contributed by atoms with Crippen LogP contribution in [0.4, 0.5) is 0 Å². The van der Waals surface area contributed by atoms with E-state index in [2.05, 4.69) is 31.0 Å². The zero-order valence-electron chi connectivity index (χ0n) is 8.30. The number of likely N-dealkylation sites (N-methyl/N-ethyl adjacent to an activating group) is 1. The molecule has 0 radical (unpaired) electrons. The van der Waals surface area contributed by atoms with E-state index in [-0.39, 0.29) is 0 Å². The summed E-state index contributed by atoms with van der Waals surface area (Å²) >= 11 is 0. The van der Waals surface area contributed by atoms with Crippen molar-refractivity contribution in [2.75, 3.05) is 20.1 Å². The molecule has 0 fully saturated rings. The molecular weight excluding hydrogens is 134 g/mol. The van der Waals surface area contributed by atoms with Crippen LogP contribution in [-0.2, 0) is 0 Å². The molecule has 0 N–H and O–H groups in total. The molecule has 0 aromatic carbocycles. The molecule has 1 aliphatic heterocycles. The summed E-state index contributed by atoms with van der Waals surface area (Å²) in [5.41, 5.74) is 0. The zero-order chi connectivity index (χ0) is 8.69. The Balaban J connectivity index is 0.000000461. The van der Waals surface area contributed by atoms with Crippen LogP contribution in [0.15, 0.2) is 12.2 Å². The predicted molar refractivity (Wildman–Crippen MR) is 51.8 cm³/mol. The monoisotopic (exact) mass is 155 g/mol. The first kappa shape index (κ1) is 10.7. The largest absolute Gasteiger partial charge is 0.303 e. The summed E-state index contributed by atoms with van der Waals surface area (Å²) in [6.45, 7) is 8.65. The van der Waals surface area contributed by atoms with Crippen molar-refractivity contribution >= 4 is 0 Å². The third kappa shape index (κ3) is 5.02. The van der Waals surface area contributed by atoms with Gasteiger partial charge in [-0.05, 0) is 25.9 Å². The van der Waals surface area contributed by atoms with Gasteiger partial charge in [0.1, 0.15) is 0 Å². The van der Waals surface area contributed by atoms with Crippen LogP contribution in [0.1, 0.15) is 27.2 Å². The maximum Gasteiger partial charge on any atom is 0.0160 e. The van der Waals surface area contributed by atoms with Crippen LogP contribution < -0.4 is 0 Å². The minimum atomic E-state index is 0.787. The van der Waals surface area contributed by atoms with Gasteiger partial charge in [0.05, 0.1) is 0 Å². The summed E-state index contributed by atoms with van der Waals surface area (Å²) in [5, 5.41) is 0. The van der Waals surface area contributed by atoms with E-state index in [9.17, 15) is 0 Å². The van der Waals surface area contributed by atoms with Crippen molar-refractivity contribution in [3.05, 3.63) is 12.2 Å². The number of allylic oxidation sites excluding steroid dienone is 1. The van der Waals surface area contributed by atoms with E-state index in [1.807, 2.05) is 13.8 Å². The van der Waals surface area contributed by atoms with Crippen LogP contribution in [0.5, 0.6) is 0 Å². The molecule has 11 heavy (non-hydrogen) atoms. The minimum Gasteiger partial charge on any atom is -0.303 e. The number of rotatable bonds is 0. The maximum absolute atomic E-state index is 2.35. The zero-order valence-corrected chi connectivity index (χ0v) is 8.30. The fraction of sp³-hybridized carbons (Fsp3) is 0.800. The molecule has 0 aliphatic carbocycles. The van der Waals surface area contributed by atoms with Gasteiger partial charge < -0.3 is 4.90 Å². The van der Waals surface area contributed by atoms with Gasteiger partial charge in [-0.1, -0.05) is 32.9 Å². The summed E-state index contributed by atoms with van der Waals surface area (Å²) in [6.07, 6.45) is 5.88. The molecule has 1 unspecified atom stereocenters. The standard InChI is InChI=1S/C8H15N.C2H6/c1-8-4-3-6-9(2)7-5-8;1-2/h3-4,8H,5-7H2,1-2H3;1-2H3. The van der Waals surface area contributed by atoms with Gasteiger partial charge in [0.2, 0.25) is 0 Å².